The van der Waals surface area contributed by atoms with E-state index in [0.29, 0.717) is 17.6 Å². The zero-order chi connectivity index (χ0) is 16.3. The molecule has 4 heteroatoms. The highest BCUT2D eigenvalue weighted by atomic mass is 16.4. The number of hydrogen-bond donors (Lipinski definition) is 2. The number of rotatable bonds is 3. The second-order valence-corrected chi connectivity index (χ2v) is 6.07. The molecule has 0 aromatic heterocycles. The van der Waals surface area contributed by atoms with Gasteiger partial charge in [0.25, 0.3) is 0 Å². The fourth-order valence-corrected chi connectivity index (χ4v) is 2.52. The Hall–Kier alpha value is -1.86. The first-order valence-corrected chi connectivity index (χ1v) is 7.03. The Balaban J connectivity index is 3.26. The number of aliphatic carboxylic acids is 1. The maximum atomic E-state index is 11.6. The van der Waals surface area contributed by atoms with Crippen molar-refractivity contribution < 1.29 is 19.8 Å². The normalized spacial score (nSPS) is 24.9. The molecule has 1 aliphatic rings. The standard InChI is InChI=1S/C17H22O4/c1-5-6-13(10-15(19)20)7-8-17(21)12(2)9-14(18)11-16(17,3)4/h9-10,21H,5-6,11H2,1-4H3,(H,19,20)/b13-10-. The molecule has 0 radical (unpaired) electrons. The van der Waals surface area contributed by atoms with Crippen molar-refractivity contribution >= 4 is 11.8 Å². The third-order valence-electron chi connectivity index (χ3n) is 3.76. The molecular formula is C17H22O4. The molecule has 114 valence electrons. The van der Waals surface area contributed by atoms with Gasteiger partial charge in [-0.3, -0.25) is 4.79 Å². The molecule has 0 bridgehead atoms. The largest absolute Gasteiger partial charge is 0.478 e. The molecule has 2 N–H and O–H groups in total. The average molecular weight is 290 g/mol. The second kappa shape index (κ2) is 6.28. The van der Waals surface area contributed by atoms with Crippen molar-refractivity contribution in [2.24, 2.45) is 5.41 Å². The SMILES string of the molecule is CCC/C(C#CC1(O)C(C)=CC(=O)CC1(C)C)=C/C(=O)O. The summed E-state index contributed by atoms with van der Waals surface area (Å²) in [6.07, 6.45) is 4.00. The van der Waals surface area contributed by atoms with Crippen LogP contribution in [-0.4, -0.2) is 27.6 Å². The van der Waals surface area contributed by atoms with E-state index in [1.165, 1.54) is 6.08 Å². The van der Waals surface area contributed by atoms with Crippen LogP contribution in [0.1, 0.15) is 47.0 Å². The molecule has 1 unspecified atom stereocenters. The van der Waals surface area contributed by atoms with Gasteiger partial charge in [-0.1, -0.05) is 39.0 Å². The van der Waals surface area contributed by atoms with Gasteiger partial charge in [-0.05, 0) is 25.0 Å². The fraction of sp³-hybridized carbons (Fsp3) is 0.529. The van der Waals surface area contributed by atoms with Crippen molar-refractivity contribution in [2.75, 3.05) is 0 Å². The maximum absolute atomic E-state index is 11.6. The summed E-state index contributed by atoms with van der Waals surface area (Å²) in [6, 6.07) is 0. The first kappa shape index (κ1) is 17.2. The number of ketones is 1. The summed E-state index contributed by atoms with van der Waals surface area (Å²) in [6.45, 7) is 7.18. The van der Waals surface area contributed by atoms with Gasteiger partial charge in [0.1, 0.15) is 0 Å². The number of aliphatic hydroxyl groups is 1. The Morgan fingerprint density at radius 2 is 2.10 bits per heavy atom. The van der Waals surface area contributed by atoms with Gasteiger partial charge in [0, 0.05) is 23.5 Å². The smallest absolute Gasteiger partial charge is 0.329 e. The van der Waals surface area contributed by atoms with Crippen LogP contribution in [-0.2, 0) is 9.59 Å². The van der Waals surface area contributed by atoms with Crippen LogP contribution in [0.5, 0.6) is 0 Å². The van der Waals surface area contributed by atoms with Crippen LogP contribution >= 0.6 is 0 Å². The van der Waals surface area contributed by atoms with Gasteiger partial charge in [-0.15, -0.1) is 0 Å². The van der Waals surface area contributed by atoms with Crippen molar-refractivity contribution in [2.45, 2.75) is 52.6 Å². The molecule has 0 amide bonds. The van der Waals surface area contributed by atoms with E-state index in [1.54, 1.807) is 20.8 Å². The minimum absolute atomic E-state index is 0.0289. The monoisotopic (exact) mass is 290 g/mol. The number of carbonyl (C=O) groups excluding carboxylic acids is 1. The molecule has 1 atom stereocenters. The number of allylic oxidation sites excluding steroid dienone is 2. The number of hydrogen-bond acceptors (Lipinski definition) is 3. The minimum atomic E-state index is -1.42. The first-order valence-electron chi connectivity index (χ1n) is 7.03. The summed E-state index contributed by atoms with van der Waals surface area (Å²) in [5.74, 6) is 4.51. The Kier molecular flexibility index (Phi) is 5.14. The maximum Gasteiger partial charge on any atom is 0.329 e. The molecule has 0 aromatic rings. The van der Waals surface area contributed by atoms with E-state index in [0.717, 1.165) is 12.5 Å². The topological polar surface area (TPSA) is 74.6 Å². The summed E-state index contributed by atoms with van der Waals surface area (Å²) >= 11 is 0. The van der Waals surface area contributed by atoms with E-state index >= 15 is 0 Å². The van der Waals surface area contributed by atoms with Crippen molar-refractivity contribution in [3.63, 3.8) is 0 Å². The molecule has 4 nitrogen and oxygen atoms in total. The lowest BCUT2D eigenvalue weighted by molar-refractivity contribution is -0.131. The first-order chi connectivity index (χ1) is 9.62. The molecule has 21 heavy (non-hydrogen) atoms. The lowest BCUT2D eigenvalue weighted by atomic mass is 9.65. The highest BCUT2D eigenvalue weighted by Gasteiger charge is 2.47. The van der Waals surface area contributed by atoms with Crippen LogP contribution in [0.4, 0.5) is 0 Å². The summed E-state index contributed by atoms with van der Waals surface area (Å²) in [4.78, 5) is 22.4. The number of carboxylic acids is 1. The Labute approximate surface area is 125 Å². The van der Waals surface area contributed by atoms with E-state index in [1.807, 2.05) is 6.92 Å². The van der Waals surface area contributed by atoms with Crippen LogP contribution in [0.3, 0.4) is 0 Å². The quantitative estimate of drug-likeness (QED) is 0.618. The molecule has 0 fully saturated rings. The predicted octanol–water partition coefficient (Wildman–Crippen LogP) is 2.48. The van der Waals surface area contributed by atoms with Gasteiger partial charge in [0.15, 0.2) is 11.4 Å². The summed E-state index contributed by atoms with van der Waals surface area (Å²) in [7, 11) is 0. The van der Waals surface area contributed by atoms with Gasteiger partial charge in [-0.25, -0.2) is 4.79 Å². The zero-order valence-corrected chi connectivity index (χ0v) is 13.0. The fourth-order valence-electron chi connectivity index (χ4n) is 2.52. The average Bonchev–Trinajstić information content (AvgIpc) is 2.32. The molecule has 0 saturated heterocycles. The van der Waals surface area contributed by atoms with Crippen LogP contribution < -0.4 is 0 Å². The Morgan fingerprint density at radius 3 is 2.57 bits per heavy atom. The van der Waals surface area contributed by atoms with Gasteiger partial charge in [-0.2, -0.15) is 0 Å². The van der Waals surface area contributed by atoms with Crippen molar-refractivity contribution in [3.05, 3.63) is 23.3 Å². The summed E-state index contributed by atoms with van der Waals surface area (Å²) in [5, 5.41) is 19.7. The molecule has 1 rings (SSSR count). The molecule has 0 aromatic carbocycles. The van der Waals surface area contributed by atoms with Gasteiger partial charge in [0.05, 0.1) is 0 Å². The number of carboxylic acid groups (broad SMARTS) is 1. The van der Waals surface area contributed by atoms with Crippen molar-refractivity contribution in [3.8, 4) is 11.8 Å². The van der Waals surface area contributed by atoms with E-state index in [2.05, 4.69) is 11.8 Å². The predicted molar refractivity (Wildman–Crippen MR) is 80.5 cm³/mol. The van der Waals surface area contributed by atoms with E-state index in [4.69, 9.17) is 5.11 Å². The lowest BCUT2D eigenvalue weighted by Crippen LogP contribution is -2.48. The van der Waals surface area contributed by atoms with Crippen molar-refractivity contribution in [1.29, 1.82) is 0 Å². The highest BCUT2D eigenvalue weighted by Crippen LogP contribution is 2.42. The summed E-state index contributed by atoms with van der Waals surface area (Å²) < 4.78 is 0. The minimum Gasteiger partial charge on any atom is -0.478 e. The van der Waals surface area contributed by atoms with Crippen LogP contribution in [0.15, 0.2) is 23.3 Å². The van der Waals surface area contributed by atoms with E-state index < -0.39 is 17.0 Å². The molecule has 0 aliphatic heterocycles. The van der Waals surface area contributed by atoms with E-state index in [9.17, 15) is 14.7 Å². The summed E-state index contributed by atoms with van der Waals surface area (Å²) in [5.41, 5.74) is -1.16. The number of carbonyl (C=O) groups is 2. The zero-order valence-electron chi connectivity index (χ0n) is 13.0. The van der Waals surface area contributed by atoms with E-state index in [-0.39, 0.29) is 12.2 Å². The third-order valence-corrected chi connectivity index (χ3v) is 3.76. The van der Waals surface area contributed by atoms with Crippen LogP contribution in [0.25, 0.3) is 0 Å². The molecule has 1 aliphatic carbocycles. The Bertz CT molecular complexity index is 569. The third kappa shape index (κ3) is 3.83. The highest BCUT2D eigenvalue weighted by molar-refractivity contribution is 5.93. The molecule has 0 heterocycles. The van der Waals surface area contributed by atoms with Gasteiger partial charge in [0.2, 0.25) is 0 Å². The van der Waals surface area contributed by atoms with Crippen molar-refractivity contribution in [1.82, 2.24) is 0 Å². The molecule has 0 saturated carbocycles. The van der Waals surface area contributed by atoms with Crippen LogP contribution in [0, 0.1) is 17.3 Å². The Morgan fingerprint density at radius 1 is 1.48 bits per heavy atom. The van der Waals surface area contributed by atoms with Gasteiger partial charge >= 0.3 is 5.97 Å². The molecular weight excluding hydrogens is 268 g/mol. The lowest BCUT2D eigenvalue weighted by Gasteiger charge is -2.42. The molecule has 0 spiro atoms. The van der Waals surface area contributed by atoms with Crippen LogP contribution in [0.2, 0.25) is 0 Å². The second-order valence-electron chi connectivity index (χ2n) is 6.07. The van der Waals surface area contributed by atoms with Gasteiger partial charge < -0.3 is 10.2 Å².